The van der Waals surface area contributed by atoms with E-state index < -0.39 is 0 Å². The van der Waals surface area contributed by atoms with E-state index in [1.807, 2.05) is 0 Å². The van der Waals surface area contributed by atoms with Gasteiger partial charge in [0.1, 0.15) is 0 Å². The van der Waals surface area contributed by atoms with E-state index in [9.17, 15) is 0 Å². The molecule has 0 aliphatic heterocycles. The summed E-state index contributed by atoms with van der Waals surface area (Å²) >= 11 is 0. The summed E-state index contributed by atoms with van der Waals surface area (Å²) in [6.07, 6.45) is 15.7. The minimum absolute atomic E-state index is 0.945. The van der Waals surface area contributed by atoms with Gasteiger partial charge in [-0.05, 0) is 30.6 Å². The van der Waals surface area contributed by atoms with Gasteiger partial charge < -0.3 is 0 Å². The average Bonchev–Trinajstić information content (AvgIpc) is 2.42. The average molecular weight is 269 g/mol. The van der Waals surface area contributed by atoms with Gasteiger partial charge >= 0.3 is 0 Å². The first-order valence-electron chi connectivity index (χ1n) is 9.17. The molecule has 0 heteroatoms. The highest BCUT2D eigenvalue weighted by atomic mass is 14.2. The number of hydrogen-bond donors (Lipinski definition) is 0. The Morgan fingerprint density at radius 1 is 0.632 bits per heavy atom. The van der Waals surface area contributed by atoms with E-state index in [1.54, 1.807) is 0 Å². The van der Waals surface area contributed by atoms with E-state index in [2.05, 4.69) is 34.6 Å². The molecule has 116 valence electrons. The van der Waals surface area contributed by atoms with E-state index in [1.165, 1.54) is 70.6 Å². The Bertz CT molecular complexity index is 173. The van der Waals surface area contributed by atoms with Crippen LogP contribution in [0, 0.1) is 17.8 Å². The van der Waals surface area contributed by atoms with Crippen LogP contribution in [0.5, 0.6) is 0 Å². The minimum Gasteiger partial charge on any atom is -0.0654 e. The minimum atomic E-state index is 0.945. The maximum atomic E-state index is 2.48. The summed E-state index contributed by atoms with van der Waals surface area (Å²) in [5.74, 6) is 2.92. The molecule has 0 aromatic rings. The molecule has 0 aromatic heterocycles. The molecule has 0 aliphatic carbocycles. The molecule has 0 N–H and O–H groups in total. The molecule has 0 rings (SSSR count). The van der Waals surface area contributed by atoms with Crippen molar-refractivity contribution in [2.24, 2.45) is 17.8 Å². The highest BCUT2D eigenvalue weighted by Crippen LogP contribution is 2.29. The van der Waals surface area contributed by atoms with E-state index in [4.69, 9.17) is 0 Å². The second kappa shape index (κ2) is 13.0. The van der Waals surface area contributed by atoms with Crippen molar-refractivity contribution in [3.8, 4) is 0 Å². The lowest BCUT2D eigenvalue weighted by Crippen LogP contribution is -2.11. The maximum Gasteiger partial charge on any atom is -0.0412 e. The first kappa shape index (κ1) is 19.0. The smallest absolute Gasteiger partial charge is 0.0412 e. The second-order valence-electron chi connectivity index (χ2n) is 6.76. The summed E-state index contributed by atoms with van der Waals surface area (Å²) in [6, 6.07) is 0. The molecule has 3 unspecified atom stereocenters. The Morgan fingerprint density at radius 3 is 1.84 bits per heavy atom. The summed E-state index contributed by atoms with van der Waals surface area (Å²) in [7, 11) is 0. The lowest BCUT2D eigenvalue weighted by atomic mass is 9.82. The summed E-state index contributed by atoms with van der Waals surface area (Å²) in [5, 5.41) is 0. The third-order valence-electron chi connectivity index (χ3n) is 4.80. The third-order valence-corrected chi connectivity index (χ3v) is 4.80. The van der Waals surface area contributed by atoms with Crippen molar-refractivity contribution in [2.75, 3.05) is 0 Å². The molecule has 0 spiro atoms. The van der Waals surface area contributed by atoms with Crippen LogP contribution in [0.4, 0.5) is 0 Å². The van der Waals surface area contributed by atoms with Crippen LogP contribution < -0.4 is 0 Å². The van der Waals surface area contributed by atoms with Crippen molar-refractivity contribution in [1.29, 1.82) is 0 Å². The van der Waals surface area contributed by atoms with Gasteiger partial charge in [-0.25, -0.2) is 0 Å². The van der Waals surface area contributed by atoms with Crippen LogP contribution in [-0.2, 0) is 0 Å². The van der Waals surface area contributed by atoms with Gasteiger partial charge in [0.05, 0.1) is 0 Å². The van der Waals surface area contributed by atoms with Crippen LogP contribution in [-0.4, -0.2) is 0 Å². The zero-order chi connectivity index (χ0) is 14.5. The zero-order valence-electron chi connectivity index (χ0n) is 14.5. The standard InChI is InChI=1S/C19H40/c1-6-10-11-12-14-17(5)15-19(9-4)16-18(8-3)13-7-2/h17-19H,6-16H2,1-5H3. The monoisotopic (exact) mass is 268 g/mol. The normalized spacial score (nSPS) is 16.3. The highest BCUT2D eigenvalue weighted by Gasteiger charge is 2.16. The van der Waals surface area contributed by atoms with Gasteiger partial charge in [-0.2, -0.15) is 0 Å². The summed E-state index contributed by atoms with van der Waals surface area (Å²) in [6.45, 7) is 11.9. The number of rotatable bonds is 13. The van der Waals surface area contributed by atoms with Crippen molar-refractivity contribution in [2.45, 2.75) is 105 Å². The van der Waals surface area contributed by atoms with Crippen molar-refractivity contribution < 1.29 is 0 Å². The van der Waals surface area contributed by atoms with Gasteiger partial charge in [-0.1, -0.05) is 92.4 Å². The van der Waals surface area contributed by atoms with Crippen LogP contribution in [0.25, 0.3) is 0 Å². The second-order valence-corrected chi connectivity index (χ2v) is 6.76. The molecule has 0 saturated carbocycles. The molecule has 0 aliphatic rings. The largest absolute Gasteiger partial charge is 0.0654 e. The van der Waals surface area contributed by atoms with Crippen LogP contribution in [0.2, 0.25) is 0 Å². The fourth-order valence-electron chi connectivity index (χ4n) is 3.40. The molecule has 0 heterocycles. The molecule has 19 heavy (non-hydrogen) atoms. The molecule has 0 bridgehead atoms. The first-order chi connectivity index (χ1) is 9.17. The highest BCUT2D eigenvalue weighted by molar-refractivity contribution is 4.68. The Morgan fingerprint density at radius 2 is 1.32 bits per heavy atom. The van der Waals surface area contributed by atoms with Crippen LogP contribution in [0.3, 0.4) is 0 Å². The Hall–Kier alpha value is 0. The third kappa shape index (κ3) is 10.4. The predicted molar refractivity (Wildman–Crippen MR) is 89.6 cm³/mol. The lowest BCUT2D eigenvalue weighted by Gasteiger charge is -2.24. The van der Waals surface area contributed by atoms with Gasteiger partial charge in [0, 0.05) is 0 Å². The van der Waals surface area contributed by atoms with Crippen molar-refractivity contribution in [3.63, 3.8) is 0 Å². The Labute approximate surface area is 123 Å². The van der Waals surface area contributed by atoms with Gasteiger partial charge in [-0.3, -0.25) is 0 Å². The molecule has 3 atom stereocenters. The molecule has 0 saturated heterocycles. The Kier molecular flexibility index (Phi) is 13.0. The zero-order valence-corrected chi connectivity index (χ0v) is 14.5. The van der Waals surface area contributed by atoms with Gasteiger partial charge in [-0.15, -0.1) is 0 Å². The summed E-state index contributed by atoms with van der Waals surface area (Å²) < 4.78 is 0. The fourth-order valence-corrected chi connectivity index (χ4v) is 3.40. The molecule has 0 aromatic carbocycles. The van der Waals surface area contributed by atoms with E-state index in [-0.39, 0.29) is 0 Å². The van der Waals surface area contributed by atoms with Gasteiger partial charge in [0.25, 0.3) is 0 Å². The van der Waals surface area contributed by atoms with Crippen molar-refractivity contribution >= 4 is 0 Å². The fraction of sp³-hybridized carbons (Fsp3) is 1.00. The van der Waals surface area contributed by atoms with E-state index in [0.29, 0.717) is 0 Å². The first-order valence-corrected chi connectivity index (χ1v) is 9.17. The van der Waals surface area contributed by atoms with Crippen LogP contribution in [0.1, 0.15) is 105 Å². The molecular formula is C19H40. The molecule has 0 fully saturated rings. The SMILES string of the molecule is CCCCCCC(C)CC(CC)CC(CC)CCC. The van der Waals surface area contributed by atoms with Gasteiger partial charge in [0.15, 0.2) is 0 Å². The Balaban J connectivity index is 3.88. The van der Waals surface area contributed by atoms with Crippen molar-refractivity contribution in [1.82, 2.24) is 0 Å². The molecular weight excluding hydrogens is 228 g/mol. The quantitative estimate of drug-likeness (QED) is 0.309. The van der Waals surface area contributed by atoms with Crippen LogP contribution >= 0.6 is 0 Å². The molecule has 0 amide bonds. The lowest BCUT2D eigenvalue weighted by molar-refractivity contribution is 0.279. The van der Waals surface area contributed by atoms with E-state index in [0.717, 1.165) is 17.8 Å². The summed E-state index contributed by atoms with van der Waals surface area (Å²) in [5.41, 5.74) is 0. The van der Waals surface area contributed by atoms with E-state index >= 15 is 0 Å². The topological polar surface area (TPSA) is 0 Å². The van der Waals surface area contributed by atoms with Crippen molar-refractivity contribution in [3.05, 3.63) is 0 Å². The number of unbranched alkanes of at least 4 members (excludes halogenated alkanes) is 3. The summed E-state index contributed by atoms with van der Waals surface area (Å²) in [4.78, 5) is 0. The molecule has 0 radical (unpaired) electrons. The van der Waals surface area contributed by atoms with Gasteiger partial charge in [0.2, 0.25) is 0 Å². The maximum absolute atomic E-state index is 2.48. The molecule has 0 nitrogen and oxygen atoms in total. The predicted octanol–water partition coefficient (Wildman–Crippen LogP) is 7.23. The number of hydrogen-bond acceptors (Lipinski definition) is 0. The van der Waals surface area contributed by atoms with Crippen LogP contribution in [0.15, 0.2) is 0 Å².